The molecule has 3 aromatic rings. The molecule has 2 aromatic heterocycles. The summed E-state index contributed by atoms with van der Waals surface area (Å²) >= 11 is 1.37. The predicted molar refractivity (Wildman–Crippen MR) is 142 cm³/mol. The summed E-state index contributed by atoms with van der Waals surface area (Å²) in [4.78, 5) is 38.5. The van der Waals surface area contributed by atoms with E-state index >= 15 is 0 Å². The number of nitrogens with two attached hydrogens (primary N) is 1. The van der Waals surface area contributed by atoms with E-state index in [0.717, 1.165) is 22.6 Å². The molecule has 0 bridgehead atoms. The minimum absolute atomic E-state index is 0.152. The summed E-state index contributed by atoms with van der Waals surface area (Å²) in [6.07, 6.45) is 8.48. The average molecular weight is 516 g/mol. The molecule has 1 atom stereocenters. The van der Waals surface area contributed by atoms with Gasteiger partial charge >= 0.3 is 0 Å². The van der Waals surface area contributed by atoms with Gasteiger partial charge in [0.15, 0.2) is 5.16 Å². The van der Waals surface area contributed by atoms with E-state index in [1.54, 1.807) is 9.80 Å². The Bertz CT molecular complexity index is 1400. The number of amides is 2. The molecular formula is C27H29N7O2S. The van der Waals surface area contributed by atoms with Gasteiger partial charge in [0.05, 0.1) is 23.1 Å². The largest absolute Gasteiger partial charge is 0.383 e. The van der Waals surface area contributed by atoms with E-state index in [1.165, 1.54) is 42.4 Å². The number of anilines is 1. The van der Waals surface area contributed by atoms with Gasteiger partial charge in [-0.05, 0) is 48.8 Å². The molecule has 6 rings (SSSR count). The number of rotatable bonds is 5. The molecule has 37 heavy (non-hydrogen) atoms. The first-order chi connectivity index (χ1) is 18.0. The molecule has 1 aliphatic carbocycles. The zero-order chi connectivity index (χ0) is 25.7. The first-order valence-corrected chi connectivity index (χ1v) is 13.8. The maximum absolute atomic E-state index is 13.8. The summed E-state index contributed by atoms with van der Waals surface area (Å²) in [5.41, 5.74) is 11.9. The minimum Gasteiger partial charge on any atom is -0.383 e. The number of hydrogen-bond acceptors (Lipinski definition) is 7. The summed E-state index contributed by atoms with van der Waals surface area (Å²) in [7, 11) is 0. The number of aromatic nitrogens is 4. The first-order valence-electron chi connectivity index (χ1n) is 12.6. The lowest BCUT2D eigenvalue weighted by Crippen LogP contribution is -2.46. The summed E-state index contributed by atoms with van der Waals surface area (Å²) in [6.45, 7) is 5.02. The van der Waals surface area contributed by atoms with Crippen molar-refractivity contribution in [2.45, 2.75) is 42.8 Å². The predicted octanol–water partition coefficient (Wildman–Crippen LogP) is 3.15. The average Bonchev–Trinajstić information content (AvgIpc) is 3.73. The number of nitrogen functional groups attached to an aromatic ring is 1. The van der Waals surface area contributed by atoms with Crippen LogP contribution in [0, 0.1) is 0 Å². The van der Waals surface area contributed by atoms with Crippen molar-refractivity contribution in [1.82, 2.24) is 29.5 Å². The van der Waals surface area contributed by atoms with Crippen LogP contribution in [0.1, 0.15) is 57.7 Å². The van der Waals surface area contributed by atoms with Gasteiger partial charge in [-0.3, -0.25) is 9.59 Å². The van der Waals surface area contributed by atoms with Crippen LogP contribution in [0.4, 0.5) is 5.82 Å². The van der Waals surface area contributed by atoms with Gasteiger partial charge in [-0.15, -0.1) is 0 Å². The van der Waals surface area contributed by atoms with Gasteiger partial charge < -0.3 is 15.5 Å². The van der Waals surface area contributed by atoms with Gasteiger partial charge in [0.1, 0.15) is 11.4 Å². The number of benzene rings is 1. The van der Waals surface area contributed by atoms with Gasteiger partial charge in [-0.1, -0.05) is 30.5 Å². The van der Waals surface area contributed by atoms with E-state index in [2.05, 4.69) is 40.8 Å². The summed E-state index contributed by atoms with van der Waals surface area (Å²) < 4.78 is 2.03. The van der Waals surface area contributed by atoms with Crippen LogP contribution in [0.5, 0.6) is 0 Å². The summed E-state index contributed by atoms with van der Waals surface area (Å²) in [5, 5.41) is 5.54. The van der Waals surface area contributed by atoms with Crippen LogP contribution < -0.4 is 5.73 Å². The molecule has 2 aliphatic heterocycles. The highest BCUT2D eigenvalue weighted by Crippen LogP contribution is 2.41. The van der Waals surface area contributed by atoms with E-state index < -0.39 is 0 Å². The van der Waals surface area contributed by atoms with Gasteiger partial charge in [0.25, 0.3) is 5.91 Å². The van der Waals surface area contributed by atoms with E-state index in [4.69, 9.17) is 10.8 Å². The van der Waals surface area contributed by atoms with Crippen LogP contribution in [0.3, 0.4) is 0 Å². The van der Waals surface area contributed by atoms with Crippen molar-refractivity contribution in [2.24, 2.45) is 0 Å². The number of carbonyl (C=O) groups is 2. The van der Waals surface area contributed by atoms with Crippen LogP contribution in [0.25, 0.3) is 5.69 Å². The molecule has 1 saturated carbocycles. The molecule has 9 nitrogen and oxygen atoms in total. The Morgan fingerprint density at radius 3 is 2.62 bits per heavy atom. The number of thioether (sulfide) groups is 1. The third-order valence-electron chi connectivity index (χ3n) is 7.55. The van der Waals surface area contributed by atoms with E-state index in [-0.39, 0.29) is 29.2 Å². The fraction of sp³-hybridized carbons (Fsp3) is 0.370. The molecule has 3 aliphatic rings. The molecule has 10 heteroatoms. The fourth-order valence-corrected chi connectivity index (χ4v) is 5.83. The third kappa shape index (κ3) is 4.19. The van der Waals surface area contributed by atoms with Crippen LogP contribution in [0.15, 0.2) is 48.3 Å². The Morgan fingerprint density at radius 2 is 1.95 bits per heavy atom. The molecule has 0 radical (unpaired) electrons. The van der Waals surface area contributed by atoms with Crippen molar-refractivity contribution in [2.75, 3.05) is 31.6 Å². The second-order valence-electron chi connectivity index (χ2n) is 9.74. The van der Waals surface area contributed by atoms with E-state index in [1.807, 2.05) is 10.9 Å². The maximum Gasteiger partial charge on any atom is 0.259 e. The smallest absolute Gasteiger partial charge is 0.259 e. The molecule has 2 N–H and O–H groups in total. The molecular weight excluding hydrogens is 486 g/mol. The lowest BCUT2D eigenvalue weighted by molar-refractivity contribution is -0.126. The lowest BCUT2D eigenvalue weighted by atomic mass is 9.95. The molecule has 2 amide bonds. The Morgan fingerprint density at radius 1 is 1.16 bits per heavy atom. The molecule has 0 spiro atoms. The fourth-order valence-electron chi connectivity index (χ4n) is 5.48. The van der Waals surface area contributed by atoms with Crippen molar-refractivity contribution in [1.29, 1.82) is 0 Å². The van der Waals surface area contributed by atoms with Crippen molar-refractivity contribution < 1.29 is 9.59 Å². The number of carbonyl (C=O) groups excluding carboxylic acids is 2. The standard InChI is InChI=1S/C27H29N7O2S/c1-3-23(35)32-12-10-20-24-21(34(31-20)18-8-6-17(7-9-18)16-4-5-16)11-13-33(22(24)15-32)26(36)19-14-29-27(37-2)30-25(19)28/h3,6-9,14,16,22H,1,4-5,10-13,15H2,2H3,(H2,28,29,30). The molecule has 4 heterocycles. The highest BCUT2D eigenvalue weighted by Gasteiger charge is 2.40. The van der Waals surface area contributed by atoms with Crippen molar-refractivity contribution in [3.05, 3.63) is 71.2 Å². The third-order valence-corrected chi connectivity index (χ3v) is 8.11. The maximum atomic E-state index is 13.8. The molecule has 190 valence electrons. The monoisotopic (exact) mass is 515 g/mol. The van der Waals surface area contributed by atoms with Gasteiger partial charge in [0, 0.05) is 44.2 Å². The van der Waals surface area contributed by atoms with E-state index in [0.29, 0.717) is 43.6 Å². The van der Waals surface area contributed by atoms with Gasteiger partial charge in [-0.2, -0.15) is 5.10 Å². The second-order valence-corrected chi connectivity index (χ2v) is 10.5. The number of hydrogen-bond donors (Lipinski definition) is 1. The van der Waals surface area contributed by atoms with Crippen LogP contribution in [-0.2, 0) is 17.6 Å². The van der Waals surface area contributed by atoms with Crippen molar-refractivity contribution >= 4 is 29.4 Å². The SMILES string of the molecule is C=CC(=O)N1CCc2nn(-c3ccc(C4CC4)cc3)c3c2C(C1)N(C(=O)c1cnc(SC)nc1N)CC3. The summed E-state index contributed by atoms with van der Waals surface area (Å²) in [5.74, 6) is 0.469. The van der Waals surface area contributed by atoms with Crippen molar-refractivity contribution in [3.63, 3.8) is 0 Å². The zero-order valence-electron chi connectivity index (χ0n) is 20.8. The molecule has 1 unspecified atom stereocenters. The second kappa shape index (κ2) is 9.33. The lowest BCUT2D eigenvalue weighted by Gasteiger charge is -2.37. The molecule has 1 fully saturated rings. The van der Waals surface area contributed by atoms with E-state index in [9.17, 15) is 9.59 Å². The molecule has 0 saturated heterocycles. The highest BCUT2D eigenvalue weighted by atomic mass is 32.2. The van der Waals surface area contributed by atoms with Crippen molar-refractivity contribution in [3.8, 4) is 5.69 Å². The number of nitrogens with zero attached hydrogens (tertiary/aromatic N) is 6. The Kier molecular flexibility index (Phi) is 5.98. The minimum atomic E-state index is -0.350. The van der Waals surface area contributed by atoms with Gasteiger partial charge in [-0.25, -0.2) is 14.6 Å². The Balaban J connectivity index is 1.40. The topological polar surface area (TPSA) is 110 Å². The summed E-state index contributed by atoms with van der Waals surface area (Å²) in [6, 6.07) is 8.34. The van der Waals surface area contributed by atoms with Crippen LogP contribution in [-0.4, -0.2) is 67.3 Å². The van der Waals surface area contributed by atoms with Gasteiger partial charge in [0.2, 0.25) is 5.91 Å². The highest BCUT2D eigenvalue weighted by molar-refractivity contribution is 7.98. The Hall–Kier alpha value is -3.66. The quantitative estimate of drug-likeness (QED) is 0.316. The Labute approximate surface area is 219 Å². The van der Waals surface area contributed by atoms with Crippen LogP contribution in [0.2, 0.25) is 0 Å². The van der Waals surface area contributed by atoms with Crippen LogP contribution >= 0.6 is 11.8 Å². The zero-order valence-corrected chi connectivity index (χ0v) is 21.6. The first kappa shape index (κ1) is 23.7. The molecule has 1 aromatic carbocycles. The normalized spacial score (nSPS) is 18.8.